The van der Waals surface area contributed by atoms with Gasteiger partial charge in [-0.15, -0.1) is 0 Å². The fourth-order valence-corrected chi connectivity index (χ4v) is 4.69. The van der Waals surface area contributed by atoms with Crippen molar-refractivity contribution < 1.29 is 36.2 Å². The van der Waals surface area contributed by atoms with Crippen LogP contribution in [0.3, 0.4) is 0 Å². The van der Waals surface area contributed by atoms with Crippen molar-refractivity contribution in [3.05, 3.63) is 69.4 Å². The first-order valence-corrected chi connectivity index (χ1v) is 11.7. The Labute approximate surface area is 213 Å². The molecule has 0 aliphatic carbocycles. The van der Waals surface area contributed by atoms with Gasteiger partial charge in [-0.25, -0.2) is 13.6 Å². The molecule has 2 aromatic heterocycles. The molecule has 0 bridgehead atoms. The lowest BCUT2D eigenvalue weighted by Crippen LogP contribution is -2.56. The first-order chi connectivity index (χ1) is 17.9. The molecule has 0 spiro atoms. The quantitative estimate of drug-likeness (QED) is 0.439. The average Bonchev–Trinajstić information content (AvgIpc) is 3.16. The Morgan fingerprint density at radius 1 is 1.21 bits per heavy atom. The van der Waals surface area contributed by atoms with Crippen molar-refractivity contribution in [2.24, 2.45) is 0 Å². The summed E-state index contributed by atoms with van der Waals surface area (Å²) in [5.41, 5.74) is -1.53. The largest absolute Gasteiger partial charge is 0.472 e. The van der Waals surface area contributed by atoms with Crippen molar-refractivity contribution >= 4 is 5.82 Å². The van der Waals surface area contributed by atoms with Gasteiger partial charge in [-0.05, 0) is 44.5 Å². The van der Waals surface area contributed by atoms with E-state index in [2.05, 4.69) is 14.9 Å². The number of alkyl halides is 3. The highest BCUT2D eigenvalue weighted by Gasteiger charge is 2.46. The fourth-order valence-electron chi connectivity index (χ4n) is 4.69. The second-order valence-electron chi connectivity index (χ2n) is 9.62. The standard InChI is InChI=1S/C25H23F5N4O4/c1-13-9-34-22-14(2)21(32-23(35)33(22)11-24(34,3)12-37-13)36-10-15-6-17(26)20(18(27)7-15)38-16-4-5-31-19(8-16)25(28,29)30/h4-8,13H,9-12H2,1-3H3/t13-,24+/m0/s1. The Hall–Kier alpha value is -3.74. The number of aromatic nitrogens is 3. The van der Waals surface area contributed by atoms with E-state index in [1.165, 1.54) is 0 Å². The summed E-state index contributed by atoms with van der Waals surface area (Å²) in [5.74, 6) is -2.91. The van der Waals surface area contributed by atoms with Crippen LogP contribution in [-0.2, 0) is 24.1 Å². The number of pyridine rings is 1. The summed E-state index contributed by atoms with van der Waals surface area (Å²) < 4.78 is 86.1. The number of fused-ring (bicyclic) bond motifs is 3. The Morgan fingerprint density at radius 2 is 1.92 bits per heavy atom. The Balaban J connectivity index is 1.36. The number of hydrogen-bond acceptors (Lipinski definition) is 7. The van der Waals surface area contributed by atoms with Crippen LogP contribution in [0.2, 0.25) is 0 Å². The SMILES string of the molecule is Cc1c(OCc2cc(F)c(Oc3ccnc(C(F)(F)F)c3)c(F)c2)nc(=O)n2c1N1C[C@H](C)OC[C@@]1(C)C2. The van der Waals surface area contributed by atoms with Crippen molar-refractivity contribution in [3.63, 3.8) is 0 Å². The number of rotatable bonds is 5. The van der Waals surface area contributed by atoms with Crippen molar-refractivity contribution in [2.75, 3.05) is 18.1 Å². The van der Waals surface area contributed by atoms with Crippen LogP contribution >= 0.6 is 0 Å². The Bertz CT molecular complexity index is 1440. The van der Waals surface area contributed by atoms with Crippen molar-refractivity contribution in [3.8, 4) is 17.4 Å². The molecule has 0 saturated carbocycles. The maximum Gasteiger partial charge on any atom is 0.433 e. The molecule has 2 aliphatic rings. The molecule has 0 unspecified atom stereocenters. The molecule has 2 aliphatic heterocycles. The second-order valence-corrected chi connectivity index (χ2v) is 9.62. The molecule has 4 heterocycles. The molecule has 38 heavy (non-hydrogen) atoms. The van der Waals surface area contributed by atoms with Crippen LogP contribution in [0.5, 0.6) is 17.4 Å². The Morgan fingerprint density at radius 3 is 2.61 bits per heavy atom. The summed E-state index contributed by atoms with van der Waals surface area (Å²) in [6.45, 7) is 6.78. The van der Waals surface area contributed by atoms with Gasteiger partial charge in [0, 0.05) is 18.8 Å². The average molecular weight is 538 g/mol. The number of halogens is 5. The van der Waals surface area contributed by atoms with Gasteiger partial charge in [-0.1, -0.05) is 0 Å². The van der Waals surface area contributed by atoms with E-state index < -0.39 is 46.2 Å². The van der Waals surface area contributed by atoms with Crippen LogP contribution in [0.1, 0.15) is 30.7 Å². The monoisotopic (exact) mass is 538 g/mol. The van der Waals surface area contributed by atoms with Crippen LogP contribution in [0.15, 0.2) is 35.3 Å². The topological polar surface area (TPSA) is 78.7 Å². The molecule has 1 fully saturated rings. The van der Waals surface area contributed by atoms with E-state index in [-0.39, 0.29) is 24.2 Å². The number of ether oxygens (including phenoxy) is 3. The van der Waals surface area contributed by atoms with Gasteiger partial charge in [-0.3, -0.25) is 9.55 Å². The zero-order chi connectivity index (χ0) is 27.4. The van der Waals surface area contributed by atoms with Gasteiger partial charge in [0.15, 0.2) is 17.4 Å². The summed E-state index contributed by atoms with van der Waals surface area (Å²) in [5, 5.41) is 0. The maximum absolute atomic E-state index is 14.7. The molecule has 1 saturated heterocycles. The summed E-state index contributed by atoms with van der Waals surface area (Å²) in [6.07, 6.45) is -3.96. The van der Waals surface area contributed by atoms with Crippen LogP contribution in [-0.4, -0.2) is 39.3 Å². The predicted octanol–water partition coefficient (Wildman–Crippen LogP) is 4.61. The molecule has 0 N–H and O–H groups in total. The van der Waals surface area contributed by atoms with E-state index >= 15 is 0 Å². The molecule has 0 amide bonds. The lowest BCUT2D eigenvalue weighted by Gasteiger charge is -2.42. The normalized spacial score (nSPS) is 20.7. The summed E-state index contributed by atoms with van der Waals surface area (Å²) in [4.78, 5) is 22.1. The van der Waals surface area contributed by atoms with Crippen LogP contribution in [0.4, 0.5) is 27.8 Å². The third kappa shape index (κ3) is 4.66. The molecular weight excluding hydrogens is 515 g/mol. The molecule has 0 radical (unpaired) electrons. The van der Waals surface area contributed by atoms with Gasteiger partial charge >= 0.3 is 11.9 Å². The molecule has 3 aromatic rings. The zero-order valence-electron chi connectivity index (χ0n) is 20.6. The van der Waals surface area contributed by atoms with Crippen LogP contribution in [0, 0.1) is 18.6 Å². The molecule has 1 aromatic carbocycles. The third-order valence-corrected chi connectivity index (χ3v) is 6.54. The van der Waals surface area contributed by atoms with E-state index in [1.54, 1.807) is 11.5 Å². The lowest BCUT2D eigenvalue weighted by atomic mass is 10.00. The summed E-state index contributed by atoms with van der Waals surface area (Å²) in [6, 6.07) is 3.45. The van der Waals surface area contributed by atoms with Crippen LogP contribution < -0.4 is 20.1 Å². The van der Waals surface area contributed by atoms with Gasteiger partial charge < -0.3 is 19.1 Å². The van der Waals surface area contributed by atoms with Gasteiger partial charge in [0.2, 0.25) is 5.88 Å². The first kappa shape index (κ1) is 25.9. The van der Waals surface area contributed by atoms with Gasteiger partial charge in [-0.2, -0.15) is 18.2 Å². The number of nitrogens with zero attached hydrogens (tertiary/aromatic N) is 4. The summed E-state index contributed by atoms with van der Waals surface area (Å²) >= 11 is 0. The highest BCUT2D eigenvalue weighted by atomic mass is 19.4. The van der Waals surface area contributed by atoms with E-state index in [4.69, 9.17) is 14.2 Å². The highest BCUT2D eigenvalue weighted by molar-refractivity contribution is 5.57. The molecule has 5 rings (SSSR count). The molecule has 202 valence electrons. The summed E-state index contributed by atoms with van der Waals surface area (Å²) in [7, 11) is 0. The molecule has 13 heteroatoms. The fraction of sp³-hybridized carbons (Fsp3) is 0.400. The number of hydrogen-bond donors (Lipinski definition) is 0. The van der Waals surface area contributed by atoms with E-state index in [9.17, 15) is 26.7 Å². The molecule has 2 atom stereocenters. The molecular formula is C25H23F5N4O4. The van der Waals surface area contributed by atoms with E-state index in [0.29, 0.717) is 37.1 Å². The maximum atomic E-state index is 14.7. The third-order valence-electron chi connectivity index (χ3n) is 6.54. The minimum Gasteiger partial charge on any atom is -0.472 e. The second kappa shape index (κ2) is 9.22. The van der Waals surface area contributed by atoms with Gasteiger partial charge in [0.25, 0.3) is 0 Å². The molecule has 8 nitrogen and oxygen atoms in total. The minimum absolute atomic E-state index is 0.0299. The van der Waals surface area contributed by atoms with E-state index in [0.717, 1.165) is 24.4 Å². The lowest BCUT2D eigenvalue weighted by molar-refractivity contribution is -0.141. The first-order valence-electron chi connectivity index (χ1n) is 11.7. The predicted molar refractivity (Wildman–Crippen MR) is 124 cm³/mol. The minimum atomic E-state index is -4.75. The van der Waals surface area contributed by atoms with Crippen LogP contribution in [0.25, 0.3) is 0 Å². The van der Waals surface area contributed by atoms with Gasteiger partial charge in [0.05, 0.1) is 30.4 Å². The van der Waals surface area contributed by atoms with Gasteiger partial charge in [0.1, 0.15) is 23.9 Å². The number of morpholine rings is 1. The Kier molecular flexibility index (Phi) is 6.28. The van der Waals surface area contributed by atoms with E-state index in [1.807, 2.05) is 13.8 Å². The van der Waals surface area contributed by atoms with Crippen molar-refractivity contribution in [1.82, 2.24) is 14.5 Å². The zero-order valence-corrected chi connectivity index (χ0v) is 20.6. The number of benzene rings is 1. The highest BCUT2D eigenvalue weighted by Crippen LogP contribution is 2.40. The van der Waals surface area contributed by atoms with Crippen molar-refractivity contribution in [2.45, 2.75) is 51.7 Å². The number of anilines is 1. The van der Waals surface area contributed by atoms with Crippen molar-refractivity contribution in [1.29, 1.82) is 0 Å². The smallest absolute Gasteiger partial charge is 0.433 e.